The molecule has 3 rings (SSSR count). The lowest BCUT2D eigenvalue weighted by Gasteiger charge is -2.23. The van der Waals surface area contributed by atoms with E-state index in [0.717, 1.165) is 11.3 Å². The zero-order valence-electron chi connectivity index (χ0n) is 38.9. The van der Waals surface area contributed by atoms with Crippen molar-refractivity contribution in [2.45, 2.75) is 96.4 Å². The minimum absolute atomic E-state index is 0.0231. The van der Waals surface area contributed by atoms with Gasteiger partial charge < -0.3 is 57.5 Å². The number of hydrogen-bond donors (Lipinski definition) is 10. The van der Waals surface area contributed by atoms with Gasteiger partial charge in [0.1, 0.15) is 23.4 Å². The summed E-state index contributed by atoms with van der Waals surface area (Å²) in [5.74, 6) is -2.85. The Hall–Kier alpha value is -7.38. The van der Waals surface area contributed by atoms with Crippen LogP contribution in [0.3, 0.4) is 0 Å². The van der Waals surface area contributed by atoms with Crippen LogP contribution in [0.5, 0.6) is 5.75 Å². The quantitative estimate of drug-likeness (QED) is 0.0254. The number of nitrogens with two attached hydrogens (primary N) is 1. The maximum absolute atomic E-state index is 14.3. The molecule has 7 amide bonds. The molecule has 1 unspecified atom stereocenters. The highest BCUT2D eigenvalue weighted by Gasteiger charge is 2.28. The fourth-order valence-corrected chi connectivity index (χ4v) is 6.32. The van der Waals surface area contributed by atoms with Crippen LogP contribution in [0, 0.1) is 0 Å². The van der Waals surface area contributed by atoms with Crippen LogP contribution in [0.15, 0.2) is 83.9 Å². The van der Waals surface area contributed by atoms with E-state index >= 15 is 0 Å². The molecular weight excluding hydrogens is 865 g/mol. The molecule has 364 valence electrons. The molecule has 3 aromatic carbocycles. The predicted octanol–water partition coefficient (Wildman–Crippen LogP) is 3.01. The van der Waals surface area contributed by atoms with Gasteiger partial charge in [0, 0.05) is 57.8 Å². The van der Waals surface area contributed by atoms with E-state index in [1.54, 1.807) is 39.8 Å². The van der Waals surface area contributed by atoms with Gasteiger partial charge in [-0.05, 0) is 87.4 Å². The Balaban J connectivity index is 1.65. The van der Waals surface area contributed by atoms with Crippen molar-refractivity contribution in [3.05, 3.63) is 95.6 Å². The van der Waals surface area contributed by atoms with E-state index in [1.807, 2.05) is 54.6 Å². The first kappa shape index (κ1) is 54.0. The maximum Gasteiger partial charge on any atom is 0.408 e. The number of nitrogens with one attached hydrogen (secondary N) is 8. The molecule has 20 heteroatoms. The van der Waals surface area contributed by atoms with E-state index in [1.165, 1.54) is 19.2 Å². The summed E-state index contributed by atoms with van der Waals surface area (Å²) in [5, 5.41) is 31.8. The number of benzene rings is 3. The number of carbonyl (C=O) groups is 7. The Bertz CT molecular complexity index is 2100. The van der Waals surface area contributed by atoms with E-state index in [0.29, 0.717) is 36.9 Å². The molecule has 0 aromatic heterocycles. The van der Waals surface area contributed by atoms with Gasteiger partial charge in [0.15, 0.2) is 5.96 Å². The Morgan fingerprint density at radius 2 is 1.36 bits per heavy atom. The van der Waals surface area contributed by atoms with E-state index < -0.39 is 59.4 Å². The fraction of sp³-hybridized carbons (Fsp3) is 0.447. The first-order valence-corrected chi connectivity index (χ1v) is 22.2. The zero-order chi connectivity index (χ0) is 49.2. The Labute approximate surface area is 391 Å². The molecule has 0 bridgehead atoms. The topological polar surface area (TPSA) is 293 Å². The predicted molar refractivity (Wildman–Crippen MR) is 253 cm³/mol. The first-order chi connectivity index (χ1) is 32.0. The van der Waals surface area contributed by atoms with Gasteiger partial charge in [-0.25, -0.2) is 9.59 Å². The first-order valence-electron chi connectivity index (χ1n) is 22.2. The van der Waals surface area contributed by atoms with Crippen LogP contribution >= 0.6 is 0 Å². The molecule has 67 heavy (non-hydrogen) atoms. The molecule has 0 heterocycles. The molecule has 3 aromatic rings. The van der Waals surface area contributed by atoms with Gasteiger partial charge in [-0.2, -0.15) is 0 Å². The van der Waals surface area contributed by atoms with Crippen molar-refractivity contribution in [1.29, 1.82) is 0 Å². The Morgan fingerprint density at radius 1 is 0.716 bits per heavy atom. The highest BCUT2D eigenvalue weighted by molar-refractivity contribution is 5.95. The SMILES string of the molecule is CCC(=O)NCCNC(=O)NC(N)=NCCC[C@@H](NC(=O)C(c1ccccc1)c1ccc(NCCCNC(=O)[C@@H](CCC(=O)OC)NC(=O)OC(C)(C)C)cc1)C(=O)NCc1ccc(O)cc1. The van der Waals surface area contributed by atoms with Gasteiger partial charge in [0.2, 0.25) is 23.6 Å². The number of methoxy groups -OCH3 is 1. The Morgan fingerprint density at radius 3 is 2.01 bits per heavy atom. The highest BCUT2D eigenvalue weighted by atomic mass is 16.6. The zero-order valence-corrected chi connectivity index (χ0v) is 38.9. The number of aliphatic imine (C=N–C) groups is 1. The lowest BCUT2D eigenvalue weighted by Crippen LogP contribution is -2.48. The van der Waals surface area contributed by atoms with Crippen LogP contribution < -0.4 is 48.3 Å². The van der Waals surface area contributed by atoms with Crippen LogP contribution in [-0.2, 0) is 40.0 Å². The second kappa shape index (κ2) is 28.5. The van der Waals surface area contributed by atoms with Crippen LogP contribution in [0.25, 0.3) is 0 Å². The standard InChI is InChI=1S/C47H66N10O10/c1-6-38(59)50-28-29-53-45(64)57-44(48)52-25-10-14-36(42(62)54-30-31-15-21-35(58)22-16-31)55-43(63)40(32-12-8-7-9-13-32)33-17-19-34(20-18-33)49-26-11-27-51-41(61)37(23-24-39(60)66-5)56-46(65)67-47(2,3)4/h7-9,12-13,15-22,36-37,40,49,58H,6,10-11,14,23-30H2,1-5H3,(H,50,59)(H,51,61)(H,54,62)(H,55,63)(H,56,65)(H4,48,52,53,57,64)/t36-,37-,40?/m1/s1. The third-order valence-corrected chi connectivity index (χ3v) is 9.76. The average molecular weight is 931 g/mol. The minimum Gasteiger partial charge on any atom is -0.508 e. The summed E-state index contributed by atoms with van der Waals surface area (Å²) in [6, 6.07) is 20.2. The van der Waals surface area contributed by atoms with Gasteiger partial charge in [-0.3, -0.25) is 34.3 Å². The average Bonchev–Trinajstić information content (AvgIpc) is 3.29. The van der Waals surface area contributed by atoms with Crippen LogP contribution in [0.2, 0.25) is 0 Å². The molecule has 0 saturated heterocycles. The number of anilines is 1. The Kier molecular flexibility index (Phi) is 23.0. The molecule has 3 atom stereocenters. The number of carbonyl (C=O) groups excluding carboxylic acids is 7. The van der Waals surface area contributed by atoms with Gasteiger partial charge in [-0.15, -0.1) is 0 Å². The number of urea groups is 1. The number of amides is 7. The van der Waals surface area contributed by atoms with Crippen LogP contribution in [0.1, 0.15) is 88.8 Å². The van der Waals surface area contributed by atoms with Crippen molar-refractivity contribution < 1.29 is 48.1 Å². The summed E-state index contributed by atoms with van der Waals surface area (Å²) in [7, 11) is 1.24. The van der Waals surface area contributed by atoms with E-state index in [2.05, 4.69) is 52.3 Å². The summed E-state index contributed by atoms with van der Waals surface area (Å²) < 4.78 is 9.96. The minimum atomic E-state index is -1.01. The number of alkyl carbamates (subject to hydrolysis) is 1. The van der Waals surface area contributed by atoms with Crippen molar-refractivity contribution in [3.63, 3.8) is 0 Å². The van der Waals surface area contributed by atoms with E-state index in [9.17, 15) is 38.7 Å². The molecule has 0 aliphatic heterocycles. The number of esters is 1. The highest BCUT2D eigenvalue weighted by Crippen LogP contribution is 2.27. The normalized spacial score (nSPS) is 12.5. The van der Waals surface area contributed by atoms with Crippen molar-refractivity contribution in [3.8, 4) is 5.75 Å². The molecule has 0 fully saturated rings. The monoisotopic (exact) mass is 930 g/mol. The second-order valence-electron chi connectivity index (χ2n) is 16.3. The smallest absolute Gasteiger partial charge is 0.408 e. The molecule has 0 aliphatic carbocycles. The maximum atomic E-state index is 14.3. The molecule has 0 aliphatic rings. The van der Waals surface area contributed by atoms with Crippen LogP contribution in [-0.4, -0.2) is 110 Å². The molecule has 0 saturated carbocycles. The number of phenols is 1. The molecule has 20 nitrogen and oxygen atoms in total. The van der Waals surface area contributed by atoms with Crippen molar-refractivity contribution >= 4 is 53.4 Å². The third-order valence-electron chi connectivity index (χ3n) is 9.76. The number of guanidine groups is 1. The molecule has 11 N–H and O–H groups in total. The van der Waals surface area contributed by atoms with Crippen LogP contribution in [0.4, 0.5) is 15.3 Å². The third kappa shape index (κ3) is 21.4. The summed E-state index contributed by atoms with van der Waals surface area (Å²) in [4.78, 5) is 92.9. The molecule has 0 spiro atoms. The van der Waals surface area contributed by atoms with Gasteiger partial charge in [0.05, 0.1) is 13.0 Å². The van der Waals surface area contributed by atoms with E-state index in [4.69, 9.17) is 10.5 Å². The van der Waals surface area contributed by atoms with Gasteiger partial charge in [0.25, 0.3) is 0 Å². The lowest BCUT2D eigenvalue weighted by atomic mass is 9.90. The number of nitrogens with zero attached hydrogens (tertiary/aromatic N) is 1. The number of phenolic OH excluding ortho intramolecular Hbond substituents is 1. The van der Waals surface area contributed by atoms with Gasteiger partial charge >= 0.3 is 18.1 Å². The number of hydrogen-bond acceptors (Lipinski definition) is 12. The van der Waals surface area contributed by atoms with Crippen molar-refractivity contribution in [2.24, 2.45) is 10.7 Å². The summed E-state index contributed by atoms with van der Waals surface area (Å²) in [6.07, 6.45) is 0.490. The fourth-order valence-electron chi connectivity index (χ4n) is 6.32. The number of aromatic hydroxyl groups is 1. The van der Waals surface area contributed by atoms with E-state index in [-0.39, 0.29) is 69.6 Å². The summed E-state index contributed by atoms with van der Waals surface area (Å²) in [5.41, 5.74) is 7.98. The van der Waals surface area contributed by atoms with Crippen molar-refractivity contribution in [2.75, 3.05) is 45.2 Å². The second-order valence-corrected chi connectivity index (χ2v) is 16.3. The number of ether oxygens (including phenoxy) is 2. The number of rotatable bonds is 25. The van der Waals surface area contributed by atoms with Gasteiger partial charge in [-0.1, -0.05) is 61.5 Å². The lowest BCUT2D eigenvalue weighted by molar-refractivity contribution is -0.141. The molecular formula is C47H66N10O10. The summed E-state index contributed by atoms with van der Waals surface area (Å²) >= 11 is 0. The summed E-state index contributed by atoms with van der Waals surface area (Å²) in [6.45, 7) is 8.26. The van der Waals surface area contributed by atoms with Crippen molar-refractivity contribution in [1.82, 2.24) is 37.2 Å². The molecule has 0 radical (unpaired) electrons. The largest absolute Gasteiger partial charge is 0.508 e.